The Balaban J connectivity index is 1.42. The van der Waals surface area contributed by atoms with Gasteiger partial charge in [0.15, 0.2) is 6.10 Å². The summed E-state index contributed by atoms with van der Waals surface area (Å²) in [6.07, 6.45) is 0.421. The molecular weight excluding hydrogens is 390 g/mol. The van der Waals surface area contributed by atoms with E-state index in [4.69, 9.17) is 21.1 Å². The molecule has 140 valence electrons. The van der Waals surface area contributed by atoms with Crippen molar-refractivity contribution in [2.45, 2.75) is 19.6 Å². The second kappa shape index (κ2) is 8.90. The maximum absolute atomic E-state index is 12.0. The normalized spacial score (nSPS) is 11.9. The molecule has 7 nitrogen and oxygen atoms in total. The van der Waals surface area contributed by atoms with Gasteiger partial charge in [0, 0.05) is 6.20 Å². The number of anilines is 1. The Morgan fingerprint density at radius 3 is 2.81 bits per heavy atom. The molecular formula is C18H16ClN3O4S. The quantitative estimate of drug-likeness (QED) is 0.605. The maximum atomic E-state index is 12.0. The fraction of sp³-hybridized carbons (Fsp3) is 0.222. The zero-order valence-corrected chi connectivity index (χ0v) is 15.9. The minimum atomic E-state index is -0.985. The molecule has 0 aliphatic heterocycles. The van der Waals surface area contributed by atoms with Gasteiger partial charge in [-0.1, -0.05) is 23.7 Å². The number of nitrogens with zero attached hydrogens (tertiary/aromatic N) is 2. The summed E-state index contributed by atoms with van der Waals surface area (Å²) >= 11 is 7.23. The van der Waals surface area contributed by atoms with Crippen molar-refractivity contribution in [2.75, 3.05) is 11.9 Å². The Morgan fingerprint density at radius 2 is 2.07 bits per heavy atom. The fourth-order valence-electron chi connectivity index (χ4n) is 2.17. The first-order valence-corrected chi connectivity index (χ1v) is 9.25. The molecule has 0 saturated carbocycles. The molecule has 1 amide bonds. The number of fused-ring (bicyclic) bond motifs is 1. The van der Waals surface area contributed by atoms with E-state index in [1.807, 2.05) is 24.3 Å². The van der Waals surface area contributed by atoms with Gasteiger partial charge in [-0.25, -0.2) is 14.8 Å². The predicted molar refractivity (Wildman–Crippen MR) is 103 cm³/mol. The molecule has 2 aromatic heterocycles. The molecule has 0 unspecified atom stereocenters. The Hall–Kier alpha value is -2.55. The number of aromatic nitrogens is 2. The van der Waals surface area contributed by atoms with Crippen LogP contribution in [0.3, 0.4) is 0 Å². The number of hydrogen-bond acceptors (Lipinski definition) is 7. The lowest BCUT2D eigenvalue weighted by Gasteiger charge is -2.13. The van der Waals surface area contributed by atoms with Gasteiger partial charge in [-0.2, -0.15) is 0 Å². The van der Waals surface area contributed by atoms with Gasteiger partial charge in [0.05, 0.1) is 21.8 Å². The minimum Gasteiger partial charge on any atom is -0.451 e. The van der Waals surface area contributed by atoms with Crippen molar-refractivity contribution in [3.05, 3.63) is 52.6 Å². The lowest BCUT2D eigenvalue weighted by Crippen LogP contribution is -2.31. The standard InChI is InChI=1S/C18H16ClN3O4S/c1-11(18(24)22-15-7-6-12(19)8-20-15)26-17(23)10-25-9-16-21-13-4-2-3-5-14(13)27-16/h2-8,11H,9-10H2,1H3,(H,20,22,24)/t11-/m1/s1. The highest BCUT2D eigenvalue weighted by molar-refractivity contribution is 7.18. The van der Waals surface area contributed by atoms with Crippen LogP contribution in [0.2, 0.25) is 5.02 Å². The first-order valence-electron chi connectivity index (χ1n) is 8.05. The summed E-state index contributed by atoms with van der Waals surface area (Å²) in [6.45, 7) is 1.40. The van der Waals surface area contributed by atoms with Gasteiger partial charge < -0.3 is 14.8 Å². The third-order valence-electron chi connectivity index (χ3n) is 3.44. The second-order valence-corrected chi connectivity index (χ2v) is 7.10. The number of thiazole rings is 1. The van der Waals surface area contributed by atoms with Gasteiger partial charge in [-0.3, -0.25) is 4.79 Å². The second-order valence-electron chi connectivity index (χ2n) is 5.55. The van der Waals surface area contributed by atoms with Gasteiger partial charge in [-0.05, 0) is 31.2 Å². The molecule has 0 spiro atoms. The molecule has 1 aromatic carbocycles. The number of amides is 1. The van der Waals surface area contributed by atoms with E-state index in [1.165, 1.54) is 24.5 Å². The molecule has 0 aliphatic rings. The van der Waals surface area contributed by atoms with Crippen LogP contribution in [0.15, 0.2) is 42.6 Å². The lowest BCUT2D eigenvalue weighted by atomic mass is 10.3. The molecule has 27 heavy (non-hydrogen) atoms. The van der Waals surface area contributed by atoms with E-state index in [9.17, 15) is 9.59 Å². The Labute approximate surface area is 164 Å². The van der Waals surface area contributed by atoms with E-state index in [2.05, 4.69) is 15.3 Å². The van der Waals surface area contributed by atoms with E-state index in [-0.39, 0.29) is 13.2 Å². The summed E-state index contributed by atoms with van der Waals surface area (Å²) in [4.78, 5) is 32.2. The number of hydrogen-bond donors (Lipinski definition) is 1. The summed E-state index contributed by atoms with van der Waals surface area (Å²) in [6, 6.07) is 10.9. The Morgan fingerprint density at radius 1 is 1.26 bits per heavy atom. The molecule has 1 atom stereocenters. The molecule has 3 aromatic rings. The average molecular weight is 406 g/mol. The number of halogens is 1. The predicted octanol–water partition coefficient (Wildman–Crippen LogP) is 3.43. The largest absolute Gasteiger partial charge is 0.451 e. The number of benzene rings is 1. The zero-order valence-electron chi connectivity index (χ0n) is 14.3. The molecule has 0 bridgehead atoms. The number of carbonyl (C=O) groups excluding carboxylic acids is 2. The molecule has 2 heterocycles. The molecule has 3 rings (SSSR count). The van der Waals surface area contributed by atoms with Crippen LogP contribution in [0, 0.1) is 0 Å². The average Bonchev–Trinajstić information content (AvgIpc) is 3.06. The van der Waals surface area contributed by atoms with Crippen molar-refractivity contribution in [1.29, 1.82) is 0 Å². The first-order chi connectivity index (χ1) is 13.0. The van der Waals surface area contributed by atoms with Gasteiger partial charge in [0.2, 0.25) is 0 Å². The highest BCUT2D eigenvalue weighted by Crippen LogP contribution is 2.21. The summed E-state index contributed by atoms with van der Waals surface area (Å²) in [5, 5.41) is 3.76. The van der Waals surface area contributed by atoms with Crippen molar-refractivity contribution in [2.24, 2.45) is 0 Å². The van der Waals surface area contributed by atoms with Crippen molar-refractivity contribution >= 4 is 50.8 Å². The number of esters is 1. The number of carbonyl (C=O) groups is 2. The summed E-state index contributed by atoms with van der Waals surface area (Å²) in [5.74, 6) is -0.813. The first kappa shape index (κ1) is 19.2. The van der Waals surface area contributed by atoms with Gasteiger partial charge in [0.1, 0.15) is 17.4 Å². The van der Waals surface area contributed by atoms with E-state index < -0.39 is 18.0 Å². The number of rotatable bonds is 7. The molecule has 0 radical (unpaired) electrons. The van der Waals surface area contributed by atoms with Crippen LogP contribution in [-0.4, -0.2) is 34.6 Å². The van der Waals surface area contributed by atoms with Crippen LogP contribution in [0.25, 0.3) is 10.2 Å². The molecule has 0 aliphatic carbocycles. The molecule has 0 fully saturated rings. The van der Waals surface area contributed by atoms with Crippen LogP contribution >= 0.6 is 22.9 Å². The topological polar surface area (TPSA) is 90.4 Å². The van der Waals surface area contributed by atoms with Crippen LogP contribution in [0.4, 0.5) is 5.82 Å². The summed E-state index contributed by atoms with van der Waals surface area (Å²) in [5.41, 5.74) is 0.893. The number of ether oxygens (including phenoxy) is 2. The summed E-state index contributed by atoms with van der Waals surface area (Å²) < 4.78 is 11.5. The highest BCUT2D eigenvalue weighted by atomic mass is 35.5. The number of pyridine rings is 1. The Bertz CT molecular complexity index is 912. The Kier molecular flexibility index (Phi) is 6.33. The number of nitrogens with one attached hydrogen (secondary N) is 1. The zero-order chi connectivity index (χ0) is 19.2. The van der Waals surface area contributed by atoms with E-state index >= 15 is 0 Å². The number of para-hydroxylation sites is 1. The van der Waals surface area contributed by atoms with Crippen LogP contribution in [0.1, 0.15) is 11.9 Å². The van der Waals surface area contributed by atoms with E-state index in [1.54, 1.807) is 12.1 Å². The van der Waals surface area contributed by atoms with Crippen molar-refractivity contribution in [1.82, 2.24) is 9.97 Å². The molecule has 1 N–H and O–H groups in total. The molecule has 0 saturated heterocycles. The SMILES string of the molecule is C[C@@H](OC(=O)COCc1nc2ccccc2s1)C(=O)Nc1ccc(Cl)cn1. The van der Waals surface area contributed by atoms with Gasteiger partial charge in [-0.15, -0.1) is 11.3 Å². The summed E-state index contributed by atoms with van der Waals surface area (Å²) in [7, 11) is 0. The lowest BCUT2D eigenvalue weighted by molar-refractivity contribution is -0.157. The van der Waals surface area contributed by atoms with Crippen molar-refractivity contribution < 1.29 is 19.1 Å². The monoisotopic (exact) mass is 405 g/mol. The minimum absolute atomic E-state index is 0.198. The highest BCUT2D eigenvalue weighted by Gasteiger charge is 2.18. The smallest absolute Gasteiger partial charge is 0.332 e. The van der Waals surface area contributed by atoms with Gasteiger partial charge in [0.25, 0.3) is 5.91 Å². The van der Waals surface area contributed by atoms with Crippen LogP contribution in [0.5, 0.6) is 0 Å². The van der Waals surface area contributed by atoms with Crippen LogP contribution in [-0.2, 0) is 25.7 Å². The molecule has 9 heteroatoms. The third-order valence-corrected chi connectivity index (χ3v) is 4.67. The van der Waals surface area contributed by atoms with Gasteiger partial charge >= 0.3 is 5.97 Å². The van der Waals surface area contributed by atoms with Crippen molar-refractivity contribution in [3.63, 3.8) is 0 Å². The fourth-order valence-corrected chi connectivity index (χ4v) is 3.18. The van der Waals surface area contributed by atoms with Crippen molar-refractivity contribution in [3.8, 4) is 0 Å². The third kappa shape index (κ3) is 5.46. The van der Waals surface area contributed by atoms with E-state index in [0.717, 1.165) is 15.2 Å². The van der Waals surface area contributed by atoms with E-state index in [0.29, 0.717) is 10.8 Å². The van der Waals surface area contributed by atoms with Crippen LogP contribution < -0.4 is 5.32 Å². The maximum Gasteiger partial charge on any atom is 0.332 e.